The predicted octanol–water partition coefficient (Wildman–Crippen LogP) is 2.87. The number of anilines is 1. The molecule has 0 saturated carbocycles. The number of aromatic nitrogens is 1. The fourth-order valence-corrected chi connectivity index (χ4v) is 2.65. The van der Waals surface area contributed by atoms with Crippen LogP contribution in [-0.4, -0.2) is 17.7 Å². The van der Waals surface area contributed by atoms with Gasteiger partial charge in [0, 0.05) is 30.6 Å². The fraction of sp³-hybridized carbons (Fsp3) is 0.158. The van der Waals surface area contributed by atoms with Crippen molar-refractivity contribution < 1.29 is 9.53 Å². The van der Waals surface area contributed by atoms with Gasteiger partial charge in [0.25, 0.3) is 5.56 Å². The Morgan fingerprint density at radius 1 is 1.12 bits per heavy atom. The molecule has 0 saturated heterocycles. The van der Waals surface area contributed by atoms with Crippen LogP contribution in [0.25, 0.3) is 10.8 Å². The maximum Gasteiger partial charge on any atom is 0.319 e. The maximum atomic E-state index is 12.2. The van der Waals surface area contributed by atoms with Crippen LogP contribution in [0.15, 0.2) is 59.5 Å². The largest absolute Gasteiger partial charge is 0.497 e. The molecule has 25 heavy (non-hydrogen) atoms. The number of carbonyl (C=O) groups is 1. The SMILES string of the molecule is COc1cccc(CNC(=O)Nc2cn(C)c(=O)c3ccccc23)c1. The zero-order valence-electron chi connectivity index (χ0n) is 14.1. The molecule has 6 heteroatoms. The minimum absolute atomic E-state index is 0.0991. The second-order valence-electron chi connectivity index (χ2n) is 5.66. The third-order valence-corrected chi connectivity index (χ3v) is 3.93. The summed E-state index contributed by atoms with van der Waals surface area (Å²) >= 11 is 0. The van der Waals surface area contributed by atoms with E-state index >= 15 is 0 Å². The normalized spacial score (nSPS) is 10.5. The van der Waals surface area contributed by atoms with Crippen LogP contribution in [0, 0.1) is 0 Å². The summed E-state index contributed by atoms with van der Waals surface area (Å²) in [4.78, 5) is 24.4. The molecule has 3 aromatic rings. The van der Waals surface area contributed by atoms with Crippen molar-refractivity contribution in [2.75, 3.05) is 12.4 Å². The fourth-order valence-electron chi connectivity index (χ4n) is 2.65. The summed E-state index contributed by atoms with van der Waals surface area (Å²) in [5.74, 6) is 0.740. The Morgan fingerprint density at radius 2 is 1.88 bits per heavy atom. The molecule has 0 fully saturated rings. The van der Waals surface area contributed by atoms with Crippen LogP contribution in [-0.2, 0) is 13.6 Å². The zero-order chi connectivity index (χ0) is 17.8. The molecule has 1 heterocycles. The third-order valence-electron chi connectivity index (χ3n) is 3.93. The predicted molar refractivity (Wildman–Crippen MR) is 98.0 cm³/mol. The summed E-state index contributed by atoms with van der Waals surface area (Å²) in [5, 5.41) is 6.89. The quantitative estimate of drug-likeness (QED) is 0.769. The number of amides is 2. The minimum Gasteiger partial charge on any atom is -0.497 e. The first-order valence-corrected chi connectivity index (χ1v) is 7.84. The van der Waals surface area contributed by atoms with E-state index in [1.165, 1.54) is 4.57 Å². The Morgan fingerprint density at radius 3 is 2.64 bits per heavy atom. The van der Waals surface area contributed by atoms with Crippen LogP contribution in [0.4, 0.5) is 10.5 Å². The van der Waals surface area contributed by atoms with Gasteiger partial charge in [0.05, 0.1) is 12.8 Å². The van der Waals surface area contributed by atoms with Gasteiger partial charge in [-0.2, -0.15) is 0 Å². The van der Waals surface area contributed by atoms with Crippen LogP contribution in [0.5, 0.6) is 5.75 Å². The molecule has 0 aliphatic rings. The Balaban J connectivity index is 1.76. The molecule has 0 aliphatic carbocycles. The second-order valence-corrected chi connectivity index (χ2v) is 5.66. The lowest BCUT2D eigenvalue weighted by atomic mass is 10.1. The average molecular weight is 337 g/mol. The van der Waals surface area contributed by atoms with Crippen LogP contribution in [0.3, 0.4) is 0 Å². The number of hydrogen-bond donors (Lipinski definition) is 2. The highest BCUT2D eigenvalue weighted by Gasteiger charge is 2.09. The van der Waals surface area contributed by atoms with E-state index in [1.54, 1.807) is 32.5 Å². The van der Waals surface area contributed by atoms with E-state index in [9.17, 15) is 9.59 Å². The Kier molecular flexibility index (Phi) is 4.70. The number of pyridine rings is 1. The van der Waals surface area contributed by atoms with Gasteiger partial charge in [-0.1, -0.05) is 30.3 Å². The molecule has 0 unspecified atom stereocenters. The van der Waals surface area contributed by atoms with E-state index in [0.717, 1.165) is 11.3 Å². The Labute approximate surface area is 145 Å². The molecule has 3 rings (SSSR count). The van der Waals surface area contributed by atoms with Crippen molar-refractivity contribution in [1.82, 2.24) is 9.88 Å². The number of carbonyl (C=O) groups excluding carboxylic acids is 1. The molecule has 0 spiro atoms. The molecular weight excluding hydrogens is 318 g/mol. The zero-order valence-corrected chi connectivity index (χ0v) is 14.1. The Bertz CT molecular complexity index is 979. The highest BCUT2D eigenvalue weighted by molar-refractivity contribution is 6.00. The van der Waals surface area contributed by atoms with E-state index in [4.69, 9.17) is 4.74 Å². The van der Waals surface area contributed by atoms with Gasteiger partial charge in [-0.15, -0.1) is 0 Å². The van der Waals surface area contributed by atoms with Crippen LogP contribution in [0.1, 0.15) is 5.56 Å². The molecule has 0 aliphatic heterocycles. The van der Waals surface area contributed by atoms with Gasteiger partial charge in [0.1, 0.15) is 5.75 Å². The van der Waals surface area contributed by atoms with E-state index < -0.39 is 0 Å². The Hall–Kier alpha value is -3.28. The number of urea groups is 1. The number of rotatable bonds is 4. The number of fused-ring (bicyclic) bond motifs is 1. The number of ether oxygens (including phenoxy) is 1. The molecule has 0 radical (unpaired) electrons. The number of methoxy groups -OCH3 is 1. The van der Waals surface area contributed by atoms with E-state index in [-0.39, 0.29) is 11.6 Å². The van der Waals surface area contributed by atoms with Gasteiger partial charge in [-0.3, -0.25) is 4.79 Å². The number of hydrogen-bond acceptors (Lipinski definition) is 3. The number of aryl methyl sites for hydroxylation is 1. The topological polar surface area (TPSA) is 72.4 Å². The highest BCUT2D eigenvalue weighted by Crippen LogP contribution is 2.20. The summed E-state index contributed by atoms with van der Waals surface area (Å²) in [6.07, 6.45) is 1.62. The van der Waals surface area contributed by atoms with Gasteiger partial charge in [0.2, 0.25) is 0 Å². The summed E-state index contributed by atoms with van der Waals surface area (Å²) in [5.41, 5.74) is 1.42. The molecule has 0 bridgehead atoms. The molecule has 2 amide bonds. The van der Waals surface area contributed by atoms with Crippen molar-refractivity contribution in [3.05, 3.63) is 70.6 Å². The molecule has 0 atom stereocenters. The number of benzene rings is 2. The first kappa shape index (κ1) is 16.6. The minimum atomic E-state index is -0.341. The van der Waals surface area contributed by atoms with Gasteiger partial charge >= 0.3 is 6.03 Å². The molecule has 1 aromatic heterocycles. The lowest BCUT2D eigenvalue weighted by Gasteiger charge is -2.12. The standard InChI is InChI=1S/C19H19N3O3/c1-22-12-17(15-8-3-4-9-16(15)18(22)23)21-19(24)20-11-13-6-5-7-14(10-13)25-2/h3-10,12H,11H2,1-2H3,(H2,20,21,24). The molecule has 2 N–H and O–H groups in total. The second kappa shape index (κ2) is 7.09. The monoisotopic (exact) mass is 337 g/mol. The van der Waals surface area contributed by atoms with Gasteiger partial charge in [0.15, 0.2) is 0 Å². The molecule has 6 nitrogen and oxygen atoms in total. The van der Waals surface area contributed by atoms with E-state index in [1.807, 2.05) is 36.4 Å². The number of nitrogens with zero attached hydrogens (tertiary/aromatic N) is 1. The average Bonchev–Trinajstić information content (AvgIpc) is 2.64. The summed E-state index contributed by atoms with van der Waals surface area (Å²) in [7, 11) is 3.26. The number of nitrogens with one attached hydrogen (secondary N) is 2. The van der Waals surface area contributed by atoms with Crippen molar-refractivity contribution in [3.63, 3.8) is 0 Å². The van der Waals surface area contributed by atoms with E-state index in [0.29, 0.717) is 23.0 Å². The molecular formula is C19H19N3O3. The van der Waals surface area contributed by atoms with Crippen molar-refractivity contribution >= 4 is 22.5 Å². The maximum absolute atomic E-state index is 12.2. The van der Waals surface area contributed by atoms with Crippen molar-refractivity contribution in [1.29, 1.82) is 0 Å². The smallest absolute Gasteiger partial charge is 0.319 e. The van der Waals surface area contributed by atoms with Crippen molar-refractivity contribution in [2.24, 2.45) is 7.05 Å². The van der Waals surface area contributed by atoms with Crippen molar-refractivity contribution in [2.45, 2.75) is 6.54 Å². The lowest BCUT2D eigenvalue weighted by Crippen LogP contribution is -2.29. The first-order valence-electron chi connectivity index (χ1n) is 7.84. The van der Waals surface area contributed by atoms with Crippen LogP contribution in [0.2, 0.25) is 0 Å². The van der Waals surface area contributed by atoms with Gasteiger partial charge < -0.3 is 19.9 Å². The summed E-state index contributed by atoms with van der Waals surface area (Å²) in [6.45, 7) is 0.368. The van der Waals surface area contributed by atoms with E-state index in [2.05, 4.69) is 10.6 Å². The van der Waals surface area contributed by atoms with Gasteiger partial charge in [-0.25, -0.2) is 4.79 Å². The summed E-state index contributed by atoms with van der Waals surface area (Å²) in [6, 6.07) is 14.3. The van der Waals surface area contributed by atoms with Crippen LogP contribution >= 0.6 is 0 Å². The lowest BCUT2D eigenvalue weighted by molar-refractivity contribution is 0.251. The highest BCUT2D eigenvalue weighted by atomic mass is 16.5. The first-order chi connectivity index (χ1) is 12.1. The molecule has 128 valence electrons. The molecule has 2 aromatic carbocycles. The van der Waals surface area contributed by atoms with Crippen LogP contribution < -0.4 is 20.9 Å². The van der Waals surface area contributed by atoms with Crippen molar-refractivity contribution in [3.8, 4) is 5.75 Å². The third kappa shape index (κ3) is 3.63. The van der Waals surface area contributed by atoms with Gasteiger partial charge in [-0.05, 0) is 23.8 Å². The summed E-state index contributed by atoms with van der Waals surface area (Å²) < 4.78 is 6.63.